The van der Waals surface area contributed by atoms with Crippen LogP contribution >= 0.6 is 0 Å². The van der Waals surface area contributed by atoms with Crippen molar-refractivity contribution in [2.45, 2.75) is 270 Å². The van der Waals surface area contributed by atoms with Crippen LogP contribution in [0.3, 0.4) is 0 Å². The van der Waals surface area contributed by atoms with Gasteiger partial charge in [-0.15, -0.1) is 0 Å². The summed E-state index contributed by atoms with van der Waals surface area (Å²) in [6, 6.07) is -0.719. The molecule has 0 spiro atoms. The molecule has 0 aromatic heterocycles. The Kier molecular flexibility index (Phi) is 48.1. The summed E-state index contributed by atoms with van der Waals surface area (Å²) in [5.74, 6) is -0.536. The standard InChI is InChI=1S/C57H101NO5/c1-4-7-10-13-16-19-22-25-27-29-31-33-36-39-42-45-48-53(63-57(62)50-47-44-41-38-35-32-30-28-26-23-20-17-14-11-8-5-2)51-56(61)58-54(52-59)55(60)49-46-43-40-37-34-24-21-18-15-12-9-6-3/h8,11,17,20,26-29,31-33,35,53-55,59-60H,4-7,9-10,12-16,18-19,21-25,30,34,36-52H2,1-3H3,(H,58,61)/b11-8+,20-17+,28-26+,29-27+,33-31+,35-32+. The van der Waals surface area contributed by atoms with Gasteiger partial charge in [0.25, 0.3) is 0 Å². The minimum Gasteiger partial charge on any atom is -0.462 e. The number of hydrogen-bond donors (Lipinski definition) is 3. The normalized spacial score (nSPS) is 13.8. The SMILES string of the molecule is CC/C=C/C/C=C/C/C=C/C/C=C/CCCCCC(=O)OC(CCCCC/C=C/C=C/CCCCCCCCC)CC(=O)NC(CO)C(O)CCCCCCCCCCCCCC. The largest absolute Gasteiger partial charge is 0.462 e. The number of allylic oxidation sites excluding steroid dienone is 12. The molecule has 0 rings (SSSR count). The topological polar surface area (TPSA) is 95.9 Å². The molecule has 3 atom stereocenters. The minimum atomic E-state index is -0.803. The molecular formula is C57H101NO5. The third kappa shape index (κ3) is 45.7. The van der Waals surface area contributed by atoms with E-state index in [1.807, 2.05) is 0 Å². The number of rotatable bonds is 47. The molecule has 3 N–H and O–H groups in total. The number of ether oxygens (including phenoxy) is 1. The molecule has 0 aromatic carbocycles. The third-order valence-corrected chi connectivity index (χ3v) is 11.8. The molecule has 0 heterocycles. The second-order valence-corrected chi connectivity index (χ2v) is 17.9. The monoisotopic (exact) mass is 880 g/mol. The average molecular weight is 880 g/mol. The number of carbonyl (C=O) groups excluding carboxylic acids is 2. The molecule has 0 radical (unpaired) electrons. The van der Waals surface area contributed by atoms with Crippen molar-refractivity contribution < 1.29 is 24.5 Å². The summed E-state index contributed by atoms with van der Waals surface area (Å²) in [7, 11) is 0. The highest BCUT2D eigenvalue weighted by molar-refractivity contribution is 5.77. The Bertz CT molecular complexity index is 1170. The highest BCUT2D eigenvalue weighted by atomic mass is 16.5. The number of hydrogen-bond acceptors (Lipinski definition) is 5. The Morgan fingerprint density at radius 2 is 0.905 bits per heavy atom. The van der Waals surface area contributed by atoms with Gasteiger partial charge in [0.15, 0.2) is 0 Å². The van der Waals surface area contributed by atoms with Crippen LogP contribution in [0, 0.1) is 0 Å². The Morgan fingerprint density at radius 1 is 0.492 bits per heavy atom. The Balaban J connectivity index is 4.70. The van der Waals surface area contributed by atoms with Gasteiger partial charge in [0, 0.05) is 6.42 Å². The quantitative estimate of drug-likeness (QED) is 0.0245. The van der Waals surface area contributed by atoms with Crippen molar-refractivity contribution in [3.8, 4) is 0 Å². The lowest BCUT2D eigenvalue weighted by atomic mass is 10.0. The second-order valence-electron chi connectivity index (χ2n) is 17.9. The Hall–Kier alpha value is -2.70. The zero-order valence-corrected chi connectivity index (χ0v) is 41.4. The molecule has 6 nitrogen and oxygen atoms in total. The van der Waals surface area contributed by atoms with Gasteiger partial charge in [-0.2, -0.15) is 0 Å². The molecule has 0 bridgehead atoms. The van der Waals surface area contributed by atoms with E-state index < -0.39 is 18.2 Å². The summed E-state index contributed by atoms with van der Waals surface area (Å²) in [4.78, 5) is 26.2. The summed E-state index contributed by atoms with van der Waals surface area (Å²) < 4.78 is 5.92. The number of aliphatic hydroxyl groups is 2. The lowest BCUT2D eigenvalue weighted by Crippen LogP contribution is -2.46. The molecule has 0 saturated heterocycles. The fraction of sp³-hybridized carbons (Fsp3) is 0.754. The summed E-state index contributed by atoms with van der Waals surface area (Å²) >= 11 is 0. The summed E-state index contributed by atoms with van der Waals surface area (Å²) in [6.07, 6.45) is 63.9. The van der Waals surface area contributed by atoms with E-state index in [1.165, 1.54) is 103 Å². The molecule has 0 aromatic rings. The van der Waals surface area contributed by atoms with E-state index in [0.29, 0.717) is 19.3 Å². The number of amides is 1. The van der Waals surface area contributed by atoms with Gasteiger partial charge in [-0.1, -0.05) is 222 Å². The Labute approximate surface area is 390 Å². The van der Waals surface area contributed by atoms with Crippen molar-refractivity contribution in [1.82, 2.24) is 5.32 Å². The maximum atomic E-state index is 13.2. The number of esters is 1. The van der Waals surface area contributed by atoms with E-state index >= 15 is 0 Å². The number of aliphatic hydroxyl groups excluding tert-OH is 2. The third-order valence-electron chi connectivity index (χ3n) is 11.8. The van der Waals surface area contributed by atoms with Crippen LogP contribution in [0.15, 0.2) is 72.9 Å². The predicted molar refractivity (Wildman–Crippen MR) is 273 cm³/mol. The molecule has 0 fully saturated rings. The van der Waals surface area contributed by atoms with Gasteiger partial charge in [0.1, 0.15) is 6.10 Å². The fourth-order valence-electron chi connectivity index (χ4n) is 7.76. The summed E-state index contributed by atoms with van der Waals surface area (Å²) in [6.45, 7) is 6.35. The first-order valence-corrected chi connectivity index (χ1v) is 26.7. The van der Waals surface area contributed by atoms with Gasteiger partial charge in [-0.05, 0) is 89.9 Å². The van der Waals surface area contributed by atoms with Crippen LogP contribution in [-0.4, -0.2) is 46.9 Å². The lowest BCUT2D eigenvalue weighted by Gasteiger charge is -2.24. The van der Waals surface area contributed by atoms with E-state index in [1.54, 1.807) is 0 Å². The van der Waals surface area contributed by atoms with Crippen LogP contribution < -0.4 is 5.32 Å². The highest BCUT2D eigenvalue weighted by Crippen LogP contribution is 2.17. The zero-order valence-electron chi connectivity index (χ0n) is 41.4. The van der Waals surface area contributed by atoms with Crippen LogP contribution in [0.4, 0.5) is 0 Å². The molecule has 0 aliphatic heterocycles. The van der Waals surface area contributed by atoms with Crippen molar-refractivity contribution >= 4 is 11.9 Å². The van der Waals surface area contributed by atoms with E-state index in [4.69, 9.17) is 4.74 Å². The van der Waals surface area contributed by atoms with Crippen molar-refractivity contribution in [1.29, 1.82) is 0 Å². The smallest absolute Gasteiger partial charge is 0.306 e. The van der Waals surface area contributed by atoms with E-state index in [-0.39, 0.29) is 24.9 Å². The van der Waals surface area contributed by atoms with Crippen molar-refractivity contribution in [3.05, 3.63) is 72.9 Å². The van der Waals surface area contributed by atoms with Gasteiger partial charge >= 0.3 is 5.97 Å². The van der Waals surface area contributed by atoms with Gasteiger partial charge in [0.2, 0.25) is 5.91 Å². The minimum absolute atomic E-state index is 0.0445. The molecular weight excluding hydrogens is 779 g/mol. The van der Waals surface area contributed by atoms with E-state index in [2.05, 4.69) is 99.0 Å². The molecule has 0 aliphatic rings. The Morgan fingerprint density at radius 3 is 1.41 bits per heavy atom. The van der Waals surface area contributed by atoms with Crippen molar-refractivity contribution in [2.24, 2.45) is 0 Å². The van der Waals surface area contributed by atoms with Gasteiger partial charge < -0.3 is 20.3 Å². The number of unbranched alkanes of at least 4 members (excludes halogenated alkanes) is 24. The van der Waals surface area contributed by atoms with E-state index in [9.17, 15) is 19.8 Å². The molecule has 0 aliphatic carbocycles. The van der Waals surface area contributed by atoms with Gasteiger partial charge in [-0.25, -0.2) is 0 Å². The first kappa shape index (κ1) is 60.3. The molecule has 63 heavy (non-hydrogen) atoms. The van der Waals surface area contributed by atoms with Crippen LogP contribution in [0.25, 0.3) is 0 Å². The maximum absolute atomic E-state index is 13.2. The molecule has 6 heteroatoms. The van der Waals surface area contributed by atoms with Gasteiger partial charge in [0.05, 0.1) is 25.2 Å². The van der Waals surface area contributed by atoms with Gasteiger partial charge in [-0.3, -0.25) is 9.59 Å². The van der Waals surface area contributed by atoms with Crippen LogP contribution in [0.5, 0.6) is 0 Å². The van der Waals surface area contributed by atoms with Crippen molar-refractivity contribution in [2.75, 3.05) is 6.61 Å². The summed E-state index contributed by atoms with van der Waals surface area (Å²) in [5, 5.41) is 23.8. The molecule has 1 amide bonds. The van der Waals surface area contributed by atoms with Crippen molar-refractivity contribution in [3.63, 3.8) is 0 Å². The maximum Gasteiger partial charge on any atom is 0.306 e. The molecule has 3 unspecified atom stereocenters. The number of nitrogens with one attached hydrogen (secondary N) is 1. The molecule has 364 valence electrons. The second kappa shape index (κ2) is 50.3. The predicted octanol–water partition coefficient (Wildman–Crippen LogP) is 16.2. The first-order valence-electron chi connectivity index (χ1n) is 26.7. The molecule has 0 saturated carbocycles. The van der Waals surface area contributed by atoms with E-state index in [0.717, 1.165) is 103 Å². The zero-order chi connectivity index (χ0) is 45.9. The fourth-order valence-corrected chi connectivity index (χ4v) is 7.76. The van der Waals surface area contributed by atoms with Crippen LogP contribution in [0.2, 0.25) is 0 Å². The van der Waals surface area contributed by atoms with Crippen LogP contribution in [-0.2, 0) is 14.3 Å². The highest BCUT2D eigenvalue weighted by Gasteiger charge is 2.24. The lowest BCUT2D eigenvalue weighted by molar-refractivity contribution is -0.151. The first-order chi connectivity index (χ1) is 31.0. The average Bonchev–Trinajstić information content (AvgIpc) is 3.28. The summed E-state index contributed by atoms with van der Waals surface area (Å²) in [5.41, 5.74) is 0. The van der Waals surface area contributed by atoms with Crippen LogP contribution in [0.1, 0.15) is 252 Å². The number of carbonyl (C=O) groups is 2.